The molecule has 2 rings (SSSR count). The lowest BCUT2D eigenvalue weighted by Gasteiger charge is -2.26. The molecule has 2 aromatic carbocycles. The van der Waals surface area contributed by atoms with Crippen LogP contribution in [0.3, 0.4) is 0 Å². The van der Waals surface area contributed by atoms with E-state index in [1.165, 1.54) is 16.7 Å². The van der Waals surface area contributed by atoms with Crippen molar-refractivity contribution in [2.24, 2.45) is 0 Å². The van der Waals surface area contributed by atoms with Crippen LogP contribution in [-0.2, 0) is 11.8 Å². The monoisotopic (exact) mass is 282 g/mol. The Morgan fingerprint density at radius 2 is 1.33 bits per heavy atom. The molecule has 0 aliphatic rings. The highest BCUT2D eigenvalue weighted by Gasteiger charge is 2.22. The molecule has 21 heavy (non-hydrogen) atoms. The number of hydrogen-bond acceptors (Lipinski definition) is 1. The van der Waals surface area contributed by atoms with E-state index in [1.807, 2.05) is 0 Å². The van der Waals surface area contributed by atoms with E-state index in [4.69, 9.17) is 4.74 Å². The molecular formula is C20H26O. The first-order valence-electron chi connectivity index (χ1n) is 7.90. The zero-order valence-electron chi connectivity index (χ0n) is 13.6. The molecule has 1 heteroatoms. The first-order valence-corrected chi connectivity index (χ1v) is 7.90. The summed E-state index contributed by atoms with van der Waals surface area (Å²) in [5.74, 6) is 0.956. The van der Waals surface area contributed by atoms with Gasteiger partial charge in [0, 0.05) is 5.41 Å². The molecule has 0 bridgehead atoms. The Hall–Kier alpha value is -1.76. The van der Waals surface area contributed by atoms with Crippen molar-refractivity contribution in [2.45, 2.75) is 46.0 Å². The van der Waals surface area contributed by atoms with Gasteiger partial charge in [-0.15, -0.1) is 0 Å². The molecule has 0 aliphatic heterocycles. The third kappa shape index (κ3) is 3.66. The molecule has 0 spiro atoms. The van der Waals surface area contributed by atoms with Gasteiger partial charge in [-0.1, -0.05) is 64.1 Å². The minimum absolute atomic E-state index is 0.00948. The second kappa shape index (κ2) is 6.80. The largest absolute Gasteiger partial charge is 0.494 e. The molecule has 0 saturated heterocycles. The summed E-state index contributed by atoms with van der Waals surface area (Å²) in [7, 11) is 0. The van der Waals surface area contributed by atoms with E-state index < -0.39 is 0 Å². The van der Waals surface area contributed by atoms with Crippen molar-refractivity contribution in [3.8, 4) is 5.75 Å². The zero-order valence-corrected chi connectivity index (χ0v) is 13.6. The molecule has 0 amide bonds. The molecule has 0 aromatic heterocycles. The maximum Gasteiger partial charge on any atom is 0.119 e. The van der Waals surface area contributed by atoms with Crippen LogP contribution in [0, 0.1) is 0 Å². The highest BCUT2D eigenvalue weighted by molar-refractivity contribution is 5.40. The van der Waals surface area contributed by atoms with Gasteiger partial charge in [0.2, 0.25) is 0 Å². The minimum atomic E-state index is 0.00948. The van der Waals surface area contributed by atoms with Crippen LogP contribution in [0.1, 0.15) is 50.8 Å². The molecule has 0 fully saturated rings. The van der Waals surface area contributed by atoms with Crippen LogP contribution in [0.2, 0.25) is 0 Å². The molecule has 0 atom stereocenters. The van der Waals surface area contributed by atoms with Gasteiger partial charge in [-0.05, 0) is 41.7 Å². The fourth-order valence-electron chi connectivity index (χ4n) is 2.51. The predicted octanol–water partition coefficient (Wildman–Crippen LogP) is 5.36. The van der Waals surface area contributed by atoms with Gasteiger partial charge in [0.25, 0.3) is 0 Å². The molecule has 0 unspecified atom stereocenters. The molecule has 0 saturated carbocycles. The number of hydrogen-bond donors (Lipinski definition) is 0. The van der Waals surface area contributed by atoms with E-state index in [2.05, 4.69) is 76.2 Å². The van der Waals surface area contributed by atoms with Gasteiger partial charge in [0.05, 0.1) is 6.61 Å². The van der Waals surface area contributed by atoms with E-state index in [-0.39, 0.29) is 5.41 Å². The molecular weight excluding hydrogens is 256 g/mol. The average Bonchev–Trinajstić information content (AvgIpc) is 2.53. The van der Waals surface area contributed by atoms with E-state index in [1.54, 1.807) is 0 Å². The number of ether oxygens (including phenoxy) is 1. The van der Waals surface area contributed by atoms with Crippen LogP contribution < -0.4 is 4.74 Å². The van der Waals surface area contributed by atoms with Crippen LogP contribution in [0.15, 0.2) is 48.5 Å². The normalized spacial score (nSPS) is 11.4. The van der Waals surface area contributed by atoms with E-state index in [9.17, 15) is 0 Å². The van der Waals surface area contributed by atoms with Crippen molar-refractivity contribution >= 4 is 0 Å². The van der Waals surface area contributed by atoms with Gasteiger partial charge in [-0.25, -0.2) is 0 Å². The number of benzene rings is 2. The molecule has 0 heterocycles. The summed E-state index contributed by atoms with van der Waals surface area (Å²) in [6.07, 6.45) is 2.13. The fraction of sp³-hybridized carbons (Fsp3) is 0.400. The third-order valence-electron chi connectivity index (χ3n) is 4.13. The van der Waals surface area contributed by atoms with Crippen molar-refractivity contribution in [1.29, 1.82) is 0 Å². The Balaban J connectivity index is 2.21. The van der Waals surface area contributed by atoms with E-state index in [0.717, 1.165) is 25.2 Å². The van der Waals surface area contributed by atoms with Crippen molar-refractivity contribution in [2.75, 3.05) is 6.61 Å². The van der Waals surface area contributed by atoms with Crippen LogP contribution >= 0.6 is 0 Å². The lowest BCUT2D eigenvalue weighted by molar-refractivity contribution is 0.317. The smallest absolute Gasteiger partial charge is 0.119 e. The maximum absolute atomic E-state index is 5.66. The molecule has 1 nitrogen and oxygen atoms in total. The van der Waals surface area contributed by atoms with Gasteiger partial charge >= 0.3 is 0 Å². The van der Waals surface area contributed by atoms with Gasteiger partial charge in [0.1, 0.15) is 5.75 Å². The minimum Gasteiger partial charge on any atom is -0.494 e. The summed E-state index contributed by atoms with van der Waals surface area (Å²) in [4.78, 5) is 0. The van der Waals surface area contributed by atoms with Crippen molar-refractivity contribution in [3.05, 3.63) is 65.2 Å². The Labute approximate surface area is 129 Å². The van der Waals surface area contributed by atoms with Crippen molar-refractivity contribution in [1.82, 2.24) is 0 Å². The maximum atomic E-state index is 5.66. The van der Waals surface area contributed by atoms with Crippen LogP contribution in [0.5, 0.6) is 5.75 Å². The Morgan fingerprint density at radius 3 is 1.81 bits per heavy atom. The SMILES string of the molecule is CCCOc1ccc(C(C)(C)c2ccc(CC)cc2)cc1. The lowest BCUT2D eigenvalue weighted by Crippen LogP contribution is -2.18. The summed E-state index contributed by atoms with van der Waals surface area (Å²) in [5.41, 5.74) is 4.06. The Kier molecular flexibility index (Phi) is 5.06. The highest BCUT2D eigenvalue weighted by atomic mass is 16.5. The fourth-order valence-corrected chi connectivity index (χ4v) is 2.51. The average molecular weight is 282 g/mol. The second-order valence-corrected chi connectivity index (χ2v) is 6.05. The van der Waals surface area contributed by atoms with E-state index in [0.29, 0.717) is 0 Å². The number of rotatable bonds is 6. The summed E-state index contributed by atoms with van der Waals surface area (Å²) >= 11 is 0. The predicted molar refractivity (Wildman–Crippen MR) is 90.2 cm³/mol. The van der Waals surface area contributed by atoms with Gasteiger partial charge in [-0.3, -0.25) is 0 Å². The Morgan fingerprint density at radius 1 is 0.810 bits per heavy atom. The summed E-state index contributed by atoms with van der Waals surface area (Å²) in [5, 5.41) is 0. The van der Waals surface area contributed by atoms with E-state index >= 15 is 0 Å². The van der Waals surface area contributed by atoms with Crippen molar-refractivity contribution < 1.29 is 4.74 Å². The van der Waals surface area contributed by atoms with Crippen molar-refractivity contribution in [3.63, 3.8) is 0 Å². The first-order chi connectivity index (χ1) is 10.1. The van der Waals surface area contributed by atoms with Gasteiger partial charge in [0.15, 0.2) is 0 Å². The molecule has 0 N–H and O–H groups in total. The first kappa shape index (κ1) is 15.6. The van der Waals surface area contributed by atoms with Crippen LogP contribution in [0.25, 0.3) is 0 Å². The topological polar surface area (TPSA) is 9.23 Å². The van der Waals surface area contributed by atoms with Crippen LogP contribution in [-0.4, -0.2) is 6.61 Å². The zero-order chi connectivity index (χ0) is 15.3. The molecule has 2 aromatic rings. The third-order valence-corrected chi connectivity index (χ3v) is 4.13. The summed E-state index contributed by atoms with van der Waals surface area (Å²) in [6, 6.07) is 17.5. The quantitative estimate of drug-likeness (QED) is 0.692. The molecule has 0 aliphatic carbocycles. The lowest BCUT2D eigenvalue weighted by atomic mass is 9.78. The summed E-state index contributed by atoms with van der Waals surface area (Å²) < 4.78 is 5.66. The highest BCUT2D eigenvalue weighted by Crippen LogP contribution is 2.32. The van der Waals surface area contributed by atoms with Gasteiger partial charge in [-0.2, -0.15) is 0 Å². The Bertz CT molecular complexity index is 549. The molecule has 112 valence electrons. The number of aryl methyl sites for hydroxylation is 1. The van der Waals surface area contributed by atoms with Gasteiger partial charge < -0.3 is 4.74 Å². The summed E-state index contributed by atoms with van der Waals surface area (Å²) in [6.45, 7) is 9.64. The van der Waals surface area contributed by atoms with Crippen LogP contribution in [0.4, 0.5) is 0 Å². The standard InChI is InChI=1S/C20H26O/c1-5-15-21-19-13-11-18(12-14-19)20(3,4)17-9-7-16(6-2)8-10-17/h7-14H,5-6,15H2,1-4H3. The molecule has 0 radical (unpaired) electrons. The second-order valence-electron chi connectivity index (χ2n) is 6.05.